The highest BCUT2D eigenvalue weighted by Crippen LogP contribution is 2.32. The molecule has 1 aromatic heterocycles. The van der Waals surface area contributed by atoms with E-state index in [1.807, 2.05) is 11.8 Å². The monoisotopic (exact) mass is 576 g/mol. The highest BCUT2D eigenvalue weighted by Gasteiger charge is 2.24. The first-order valence-corrected chi connectivity index (χ1v) is 14.5. The molecule has 13 heteroatoms. The number of nitrogens with one attached hydrogen (secondary N) is 3. The standard InChI is InChI=1S/C27H31FN6O5S.3H2/c1-17-16-39-13-12-34(17)26-32-23(15-24(33-26)22-14-20(28)6-9-25(22)40(3,37)38)19-4-7-21(8-5-19)31-27(36)30-11-10-29-18(2)35;;;/h4-9,14-15,17H,10-13,16H2,1-3H3,(H,29,35)(H2,30,31,36);3*1H/t17-;;;/m0.../s1. The second-order valence-electron chi connectivity index (χ2n) is 9.41. The maximum Gasteiger partial charge on any atom is 0.319 e. The minimum Gasteiger partial charge on any atom is -0.377 e. The van der Waals surface area contributed by atoms with Crippen molar-refractivity contribution in [1.82, 2.24) is 20.6 Å². The molecule has 0 spiro atoms. The van der Waals surface area contributed by atoms with Crippen LogP contribution >= 0.6 is 0 Å². The molecule has 0 bridgehead atoms. The molecule has 1 fully saturated rings. The van der Waals surface area contributed by atoms with Crippen LogP contribution in [-0.2, 0) is 19.4 Å². The minimum atomic E-state index is -3.68. The van der Waals surface area contributed by atoms with E-state index in [4.69, 9.17) is 9.72 Å². The maximum absolute atomic E-state index is 14.3. The molecular formula is C27H37FN6O5S. The lowest BCUT2D eigenvalue weighted by molar-refractivity contribution is -0.118. The van der Waals surface area contributed by atoms with Gasteiger partial charge in [-0.25, -0.2) is 27.6 Å². The summed E-state index contributed by atoms with van der Waals surface area (Å²) in [6.45, 7) is 5.45. The van der Waals surface area contributed by atoms with Crippen molar-refractivity contribution in [1.29, 1.82) is 0 Å². The van der Waals surface area contributed by atoms with Gasteiger partial charge < -0.3 is 25.6 Å². The lowest BCUT2D eigenvalue weighted by Crippen LogP contribution is -2.44. The molecule has 3 N–H and O–H groups in total. The molecule has 1 aliphatic heterocycles. The Hall–Kier alpha value is -4.10. The van der Waals surface area contributed by atoms with Gasteiger partial charge in [0.2, 0.25) is 11.9 Å². The van der Waals surface area contributed by atoms with Gasteiger partial charge in [0, 0.05) is 53.9 Å². The topological polar surface area (TPSA) is 143 Å². The van der Waals surface area contributed by atoms with Crippen LogP contribution in [0.4, 0.5) is 20.8 Å². The number of hydrogen-bond acceptors (Lipinski definition) is 8. The Bertz CT molecular complexity index is 1520. The van der Waals surface area contributed by atoms with Gasteiger partial charge in [0.25, 0.3) is 0 Å². The molecule has 1 aliphatic rings. The summed E-state index contributed by atoms with van der Waals surface area (Å²) in [4.78, 5) is 34.4. The average Bonchev–Trinajstić information content (AvgIpc) is 2.91. The zero-order valence-corrected chi connectivity index (χ0v) is 23.2. The second-order valence-corrected chi connectivity index (χ2v) is 11.4. The normalized spacial score (nSPS) is 15.4. The van der Waals surface area contributed by atoms with Crippen LogP contribution in [0, 0.1) is 5.82 Å². The van der Waals surface area contributed by atoms with E-state index < -0.39 is 21.7 Å². The predicted octanol–water partition coefficient (Wildman–Crippen LogP) is 3.57. The number of urea groups is 1. The molecule has 218 valence electrons. The van der Waals surface area contributed by atoms with E-state index in [2.05, 4.69) is 20.9 Å². The van der Waals surface area contributed by atoms with E-state index in [9.17, 15) is 22.4 Å². The number of benzene rings is 2. The van der Waals surface area contributed by atoms with Crippen molar-refractivity contribution in [3.63, 3.8) is 0 Å². The van der Waals surface area contributed by atoms with Crippen LogP contribution in [0.1, 0.15) is 18.1 Å². The summed E-state index contributed by atoms with van der Waals surface area (Å²) in [7, 11) is -3.68. The van der Waals surface area contributed by atoms with E-state index in [0.717, 1.165) is 18.4 Å². The third-order valence-corrected chi connectivity index (χ3v) is 7.33. The van der Waals surface area contributed by atoms with Crippen molar-refractivity contribution in [3.05, 3.63) is 54.3 Å². The summed E-state index contributed by atoms with van der Waals surface area (Å²) in [6, 6.07) is 11.6. The van der Waals surface area contributed by atoms with Gasteiger partial charge in [-0.3, -0.25) is 4.79 Å². The SMILES string of the molecule is CC(=O)NCCNC(=O)Nc1ccc(-c2cc(-c3cc(F)ccc3S(C)(=O)=O)nc(N3CCOC[C@@H]3C)n2)cc1.[HH].[HH].[HH]. The Morgan fingerprint density at radius 2 is 1.77 bits per heavy atom. The summed E-state index contributed by atoms with van der Waals surface area (Å²) in [5, 5.41) is 7.96. The molecule has 40 heavy (non-hydrogen) atoms. The molecule has 0 unspecified atom stereocenters. The smallest absolute Gasteiger partial charge is 0.319 e. The number of rotatable bonds is 8. The fourth-order valence-electron chi connectivity index (χ4n) is 4.21. The van der Waals surface area contributed by atoms with Crippen LogP contribution in [0.5, 0.6) is 0 Å². The molecule has 2 aromatic carbocycles. The zero-order chi connectivity index (χ0) is 28.9. The van der Waals surface area contributed by atoms with Crippen molar-refractivity contribution in [3.8, 4) is 22.5 Å². The molecule has 1 saturated heterocycles. The van der Waals surface area contributed by atoms with Crippen molar-refractivity contribution in [2.75, 3.05) is 49.3 Å². The van der Waals surface area contributed by atoms with Gasteiger partial charge in [0.05, 0.1) is 35.5 Å². The summed E-state index contributed by atoms with van der Waals surface area (Å²) in [5.74, 6) is -0.399. The fraction of sp³-hybridized carbons (Fsp3) is 0.333. The number of halogens is 1. The van der Waals surface area contributed by atoms with Gasteiger partial charge in [-0.15, -0.1) is 0 Å². The zero-order valence-electron chi connectivity index (χ0n) is 22.4. The molecule has 2 heterocycles. The van der Waals surface area contributed by atoms with Crippen LogP contribution in [0.25, 0.3) is 22.5 Å². The van der Waals surface area contributed by atoms with Gasteiger partial charge in [-0.1, -0.05) is 12.1 Å². The number of hydrogen-bond donors (Lipinski definition) is 3. The number of aromatic nitrogens is 2. The molecule has 4 rings (SSSR count). The summed E-state index contributed by atoms with van der Waals surface area (Å²) in [6.07, 6.45) is 1.07. The Labute approximate surface area is 236 Å². The summed E-state index contributed by atoms with van der Waals surface area (Å²) < 4.78 is 44.9. The molecule has 0 aliphatic carbocycles. The maximum atomic E-state index is 14.3. The summed E-state index contributed by atoms with van der Waals surface area (Å²) >= 11 is 0. The van der Waals surface area contributed by atoms with E-state index >= 15 is 0 Å². The highest BCUT2D eigenvalue weighted by atomic mass is 32.2. The predicted molar refractivity (Wildman–Crippen MR) is 156 cm³/mol. The molecule has 0 radical (unpaired) electrons. The van der Waals surface area contributed by atoms with Crippen molar-refractivity contribution in [2.45, 2.75) is 24.8 Å². The molecule has 1 atom stereocenters. The van der Waals surface area contributed by atoms with Crippen molar-refractivity contribution in [2.24, 2.45) is 0 Å². The Morgan fingerprint density at radius 3 is 2.45 bits per heavy atom. The number of carbonyl (C=O) groups is 2. The number of sulfone groups is 1. The number of ether oxygens (including phenoxy) is 1. The van der Waals surface area contributed by atoms with Gasteiger partial charge in [-0.05, 0) is 43.3 Å². The largest absolute Gasteiger partial charge is 0.377 e. The quantitative estimate of drug-likeness (QED) is 0.273. The Morgan fingerprint density at radius 1 is 1.07 bits per heavy atom. The number of morpholine rings is 1. The number of carbonyl (C=O) groups excluding carboxylic acids is 2. The number of amides is 3. The fourth-order valence-corrected chi connectivity index (χ4v) is 5.09. The van der Waals surface area contributed by atoms with Crippen LogP contribution in [0.2, 0.25) is 0 Å². The van der Waals surface area contributed by atoms with Crippen LogP contribution in [-0.4, -0.2) is 75.5 Å². The van der Waals surface area contributed by atoms with Gasteiger partial charge in [-0.2, -0.15) is 0 Å². The van der Waals surface area contributed by atoms with Gasteiger partial charge >= 0.3 is 6.03 Å². The van der Waals surface area contributed by atoms with Crippen LogP contribution in [0.15, 0.2) is 53.4 Å². The molecule has 3 amide bonds. The third kappa shape index (κ3) is 7.30. The van der Waals surface area contributed by atoms with Crippen LogP contribution < -0.4 is 20.9 Å². The highest BCUT2D eigenvalue weighted by molar-refractivity contribution is 7.90. The van der Waals surface area contributed by atoms with Crippen molar-refractivity contribution >= 4 is 33.4 Å². The first kappa shape index (κ1) is 28.9. The average molecular weight is 577 g/mol. The lowest BCUT2D eigenvalue weighted by Gasteiger charge is -2.33. The van der Waals surface area contributed by atoms with E-state index in [0.29, 0.717) is 49.2 Å². The first-order valence-electron chi connectivity index (χ1n) is 12.6. The minimum absolute atomic E-state index is 0. The van der Waals surface area contributed by atoms with E-state index in [1.165, 1.54) is 13.0 Å². The molecule has 3 aromatic rings. The molecule has 0 saturated carbocycles. The first-order chi connectivity index (χ1) is 19.0. The summed E-state index contributed by atoms with van der Waals surface area (Å²) in [5.41, 5.74) is 2.11. The van der Waals surface area contributed by atoms with Crippen LogP contribution in [0.3, 0.4) is 0 Å². The molecular weight excluding hydrogens is 539 g/mol. The number of nitrogens with zero attached hydrogens (tertiary/aromatic N) is 3. The lowest BCUT2D eigenvalue weighted by atomic mass is 10.1. The van der Waals surface area contributed by atoms with Gasteiger partial charge in [0.1, 0.15) is 5.82 Å². The Balaban J connectivity index is 0.00000308. The van der Waals surface area contributed by atoms with Gasteiger partial charge in [0.15, 0.2) is 9.84 Å². The second kappa shape index (κ2) is 12.4. The Kier molecular flexibility index (Phi) is 8.95. The third-order valence-electron chi connectivity index (χ3n) is 6.18. The number of anilines is 2. The van der Waals surface area contributed by atoms with E-state index in [-0.39, 0.29) is 38.9 Å². The van der Waals surface area contributed by atoms with E-state index in [1.54, 1.807) is 30.3 Å². The molecule has 11 nitrogen and oxygen atoms in total. The van der Waals surface area contributed by atoms with Crippen molar-refractivity contribution < 1.29 is 31.4 Å².